The zero-order valence-corrected chi connectivity index (χ0v) is 16.0. The second-order valence-electron chi connectivity index (χ2n) is 5.82. The molecule has 0 aliphatic heterocycles. The first-order valence-corrected chi connectivity index (χ1v) is 9.39. The summed E-state index contributed by atoms with van der Waals surface area (Å²) in [6, 6.07) is 11.3. The lowest BCUT2D eigenvalue weighted by molar-refractivity contribution is -0.116. The van der Waals surface area contributed by atoms with E-state index in [4.69, 9.17) is 13.9 Å². The number of hydrogen-bond acceptors (Lipinski definition) is 5. The van der Waals surface area contributed by atoms with E-state index in [0.717, 1.165) is 16.9 Å². The zero-order chi connectivity index (χ0) is 19.1. The Kier molecular flexibility index (Phi) is 6.33. The number of nitrogens with one attached hydrogen (secondary N) is 1. The number of carbonyl (C=O) groups is 1. The van der Waals surface area contributed by atoms with Crippen LogP contribution in [-0.4, -0.2) is 26.7 Å². The van der Waals surface area contributed by atoms with Crippen molar-refractivity contribution >= 4 is 23.3 Å². The number of hydrogen-bond donors (Lipinski definition) is 1. The Morgan fingerprint density at radius 3 is 2.74 bits per heavy atom. The molecule has 0 saturated heterocycles. The largest absolute Gasteiger partial charge is 0.493 e. The highest BCUT2D eigenvalue weighted by Gasteiger charge is 2.18. The van der Waals surface area contributed by atoms with Crippen molar-refractivity contribution < 1.29 is 18.7 Å². The van der Waals surface area contributed by atoms with Crippen LogP contribution in [0.4, 0.5) is 0 Å². The highest BCUT2D eigenvalue weighted by Crippen LogP contribution is 2.28. The maximum absolute atomic E-state index is 12.3. The van der Waals surface area contributed by atoms with Gasteiger partial charge in [0.15, 0.2) is 11.5 Å². The summed E-state index contributed by atoms with van der Waals surface area (Å²) in [5.74, 6) is 1.92. The molecule has 0 fully saturated rings. The van der Waals surface area contributed by atoms with Gasteiger partial charge in [-0.3, -0.25) is 4.79 Å². The Hall–Kier alpha value is -2.99. The molecule has 27 heavy (non-hydrogen) atoms. The molecule has 1 aromatic carbocycles. The highest BCUT2D eigenvalue weighted by atomic mass is 32.1. The van der Waals surface area contributed by atoms with Crippen molar-refractivity contribution in [2.24, 2.45) is 0 Å². The van der Waals surface area contributed by atoms with Crippen LogP contribution >= 0.6 is 11.3 Å². The number of ether oxygens (including phenoxy) is 2. The Morgan fingerprint density at radius 1 is 1.22 bits per heavy atom. The van der Waals surface area contributed by atoms with E-state index in [9.17, 15) is 4.79 Å². The molecule has 0 aliphatic rings. The number of furan rings is 1. The van der Waals surface area contributed by atoms with E-state index in [2.05, 4.69) is 10.7 Å². The molecule has 5 nitrogen and oxygen atoms in total. The second kappa shape index (κ2) is 9.09. The minimum Gasteiger partial charge on any atom is -0.493 e. The van der Waals surface area contributed by atoms with Crippen LogP contribution in [0.1, 0.15) is 22.8 Å². The van der Waals surface area contributed by atoms with E-state index < -0.39 is 0 Å². The molecule has 1 unspecified atom stereocenters. The lowest BCUT2D eigenvalue weighted by Gasteiger charge is -2.13. The van der Waals surface area contributed by atoms with Gasteiger partial charge in [-0.15, -0.1) is 0 Å². The fourth-order valence-electron chi connectivity index (χ4n) is 2.74. The maximum atomic E-state index is 12.3. The molecule has 3 aromatic rings. The molecule has 0 bridgehead atoms. The molecule has 0 spiro atoms. The van der Waals surface area contributed by atoms with E-state index in [-0.39, 0.29) is 11.8 Å². The Bertz CT molecular complexity index is 851. The Labute approximate surface area is 162 Å². The molecule has 6 heteroatoms. The molecule has 3 rings (SSSR count). The van der Waals surface area contributed by atoms with E-state index in [1.165, 1.54) is 6.08 Å². The summed E-state index contributed by atoms with van der Waals surface area (Å²) in [5, 5.41) is 7.03. The third-order valence-corrected chi connectivity index (χ3v) is 4.85. The molecule has 1 atom stereocenters. The number of amides is 1. The summed E-state index contributed by atoms with van der Waals surface area (Å²) in [6.45, 7) is 0.458. The second-order valence-corrected chi connectivity index (χ2v) is 6.60. The fourth-order valence-corrected chi connectivity index (χ4v) is 3.45. The smallest absolute Gasteiger partial charge is 0.244 e. The van der Waals surface area contributed by atoms with Gasteiger partial charge in [0.1, 0.15) is 5.76 Å². The number of thiophene rings is 1. The van der Waals surface area contributed by atoms with Crippen LogP contribution in [0.25, 0.3) is 6.08 Å². The molecule has 1 N–H and O–H groups in total. The molecule has 0 aliphatic carbocycles. The van der Waals surface area contributed by atoms with Gasteiger partial charge in [-0.1, -0.05) is 6.07 Å². The molecular formula is C21H21NO4S. The van der Waals surface area contributed by atoms with Crippen LogP contribution < -0.4 is 14.8 Å². The van der Waals surface area contributed by atoms with Crippen LogP contribution in [0, 0.1) is 0 Å². The van der Waals surface area contributed by atoms with Crippen molar-refractivity contribution in [2.45, 2.75) is 5.92 Å². The number of methoxy groups -OCH3 is 2. The summed E-state index contributed by atoms with van der Waals surface area (Å²) in [6.07, 6.45) is 4.89. The maximum Gasteiger partial charge on any atom is 0.244 e. The van der Waals surface area contributed by atoms with Crippen LogP contribution in [0.2, 0.25) is 0 Å². The summed E-state index contributed by atoms with van der Waals surface area (Å²) >= 11 is 1.62. The molecule has 0 radical (unpaired) electrons. The quantitative estimate of drug-likeness (QED) is 0.589. The average Bonchev–Trinajstić information content (AvgIpc) is 3.41. The number of benzene rings is 1. The Balaban J connectivity index is 1.64. The first kappa shape index (κ1) is 18.8. The van der Waals surface area contributed by atoms with Gasteiger partial charge >= 0.3 is 0 Å². The van der Waals surface area contributed by atoms with Gasteiger partial charge < -0.3 is 19.2 Å². The third-order valence-electron chi connectivity index (χ3n) is 4.15. The van der Waals surface area contributed by atoms with Crippen LogP contribution in [0.15, 0.2) is 63.9 Å². The first-order valence-electron chi connectivity index (χ1n) is 8.44. The number of rotatable bonds is 8. The lowest BCUT2D eigenvalue weighted by atomic mass is 9.99. The van der Waals surface area contributed by atoms with Gasteiger partial charge in [0.2, 0.25) is 5.91 Å². The SMILES string of the molecule is COc1ccc(/C=C/C(=O)NCC(c2ccsc2)c2ccco2)cc1OC. The number of carbonyl (C=O) groups excluding carboxylic acids is 1. The summed E-state index contributed by atoms with van der Waals surface area (Å²) in [4.78, 5) is 12.3. The van der Waals surface area contributed by atoms with Gasteiger partial charge in [-0.05, 0) is 58.3 Å². The van der Waals surface area contributed by atoms with Crippen LogP contribution in [0.3, 0.4) is 0 Å². The molecule has 140 valence electrons. The molecular weight excluding hydrogens is 362 g/mol. The minimum absolute atomic E-state index is 0.00956. The summed E-state index contributed by atoms with van der Waals surface area (Å²) in [7, 11) is 3.17. The predicted molar refractivity (Wildman–Crippen MR) is 106 cm³/mol. The van der Waals surface area contributed by atoms with Crippen molar-refractivity contribution in [3.63, 3.8) is 0 Å². The van der Waals surface area contributed by atoms with E-state index >= 15 is 0 Å². The molecule has 2 heterocycles. The van der Waals surface area contributed by atoms with E-state index in [1.54, 1.807) is 44.0 Å². The van der Waals surface area contributed by atoms with Crippen LogP contribution in [-0.2, 0) is 4.79 Å². The van der Waals surface area contributed by atoms with Crippen molar-refractivity contribution in [3.8, 4) is 11.5 Å². The van der Waals surface area contributed by atoms with E-state index in [1.807, 2.05) is 35.7 Å². The normalized spacial score (nSPS) is 12.1. The molecule has 0 saturated carbocycles. The standard InChI is InChI=1S/C21H21NO4S/c1-24-19-7-5-15(12-20(19)25-2)6-8-21(23)22-13-17(16-9-11-27-14-16)18-4-3-10-26-18/h3-12,14,17H,13H2,1-2H3,(H,22,23)/b8-6+. The van der Waals surface area contributed by atoms with Crippen molar-refractivity contribution in [1.82, 2.24) is 5.32 Å². The van der Waals surface area contributed by atoms with E-state index in [0.29, 0.717) is 18.0 Å². The zero-order valence-electron chi connectivity index (χ0n) is 15.2. The Morgan fingerprint density at radius 2 is 2.07 bits per heavy atom. The van der Waals surface area contributed by atoms with Crippen molar-refractivity contribution in [3.05, 3.63) is 76.4 Å². The average molecular weight is 383 g/mol. The van der Waals surface area contributed by atoms with Crippen molar-refractivity contribution in [2.75, 3.05) is 20.8 Å². The van der Waals surface area contributed by atoms with Gasteiger partial charge in [0.25, 0.3) is 0 Å². The van der Waals surface area contributed by atoms with Gasteiger partial charge in [-0.2, -0.15) is 11.3 Å². The van der Waals surface area contributed by atoms with Crippen LogP contribution in [0.5, 0.6) is 11.5 Å². The first-order chi connectivity index (χ1) is 13.2. The summed E-state index contributed by atoms with van der Waals surface area (Å²) in [5.41, 5.74) is 1.97. The monoisotopic (exact) mass is 383 g/mol. The van der Waals surface area contributed by atoms with Gasteiger partial charge in [0, 0.05) is 12.6 Å². The molecule has 2 aromatic heterocycles. The highest BCUT2D eigenvalue weighted by molar-refractivity contribution is 7.08. The topological polar surface area (TPSA) is 60.7 Å². The third kappa shape index (κ3) is 4.80. The van der Waals surface area contributed by atoms with Gasteiger partial charge in [-0.25, -0.2) is 0 Å². The lowest BCUT2D eigenvalue weighted by Crippen LogP contribution is -2.27. The fraction of sp³-hybridized carbons (Fsp3) is 0.190. The van der Waals surface area contributed by atoms with Crippen molar-refractivity contribution in [1.29, 1.82) is 0 Å². The molecule has 1 amide bonds. The minimum atomic E-state index is -0.170. The summed E-state index contributed by atoms with van der Waals surface area (Å²) < 4.78 is 16.0. The predicted octanol–water partition coefficient (Wildman–Crippen LogP) is 4.32. The van der Waals surface area contributed by atoms with Gasteiger partial charge in [0.05, 0.1) is 26.4 Å².